The van der Waals surface area contributed by atoms with E-state index in [2.05, 4.69) is 9.97 Å². The summed E-state index contributed by atoms with van der Waals surface area (Å²) in [6.45, 7) is 1.86. The summed E-state index contributed by atoms with van der Waals surface area (Å²) in [6, 6.07) is 0. The molecule has 0 spiro atoms. The number of carboxylic acids is 1. The van der Waals surface area contributed by atoms with Crippen molar-refractivity contribution in [3.05, 3.63) is 16.2 Å². The minimum atomic E-state index is -0.978. The molecule has 0 aliphatic rings. The molecule has 0 atom stereocenters. The SMILES string of the molecule is CCc1[nH]c(=S)[nH]c1C(=O)O. The van der Waals surface area contributed by atoms with Crippen molar-refractivity contribution in [1.29, 1.82) is 0 Å². The number of aryl methyl sites for hydroxylation is 1. The molecule has 1 heterocycles. The van der Waals surface area contributed by atoms with Crippen molar-refractivity contribution >= 4 is 18.2 Å². The van der Waals surface area contributed by atoms with Crippen LogP contribution >= 0.6 is 12.2 Å². The Balaban J connectivity index is 3.23. The normalized spacial score (nSPS) is 9.91. The second kappa shape index (κ2) is 2.87. The lowest BCUT2D eigenvalue weighted by Gasteiger charge is -1.91. The fraction of sp³-hybridized carbons (Fsp3) is 0.333. The second-order valence-corrected chi connectivity index (χ2v) is 2.50. The van der Waals surface area contributed by atoms with Crippen molar-refractivity contribution in [3.8, 4) is 0 Å². The van der Waals surface area contributed by atoms with E-state index in [1.54, 1.807) is 0 Å². The Bertz CT molecular complexity index is 326. The van der Waals surface area contributed by atoms with E-state index in [1.165, 1.54) is 0 Å². The molecule has 0 amide bonds. The third kappa shape index (κ3) is 1.48. The van der Waals surface area contributed by atoms with Crippen LogP contribution in [0, 0.1) is 4.77 Å². The number of H-pyrrole nitrogens is 2. The average molecular weight is 172 g/mol. The molecule has 0 unspecified atom stereocenters. The van der Waals surface area contributed by atoms with Gasteiger partial charge in [0.05, 0.1) is 0 Å². The van der Waals surface area contributed by atoms with E-state index < -0.39 is 5.97 Å². The molecule has 0 aromatic carbocycles. The Hall–Kier alpha value is -1.10. The maximum atomic E-state index is 10.5. The van der Waals surface area contributed by atoms with E-state index in [0.29, 0.717) is 16.9 Å². The number of aromatic nitrogens is 2. The van der Waals surface area contributed by atoms with Gasteiger partial charge >= 0.3 is 5.97 Å². The van der Waals surface area contributed by atoms with E-state index in [1.807, 2.05) is 6.92 Å². The van der Waals surface area contributed by atoms with E-state index in [9.17, 15) is 4.79 Å². The van der Waals surface area contributed by atoms with Crippen LogP contribution in [-0.4, -0.2) is 21.0 Å². The molecule has 0 radical (unpaired) electrons. The smallest absolute Gasteiger partial charge is 0.354 e. The molecular formula is C6H8N2O2S. The zero-order valence-electron chi connectivity index (χ0n) is 5.97. The summed E-state index contributed by atoms with van der Waals surface area (Å²) >= 11 is 4.73. The largest absolute Gasteiger partial charge is 0.477 e. The van der Waals surface area contributed by atoms with Crippen LogP contribution in [0.1, 0.15) is 23.1 Å². The fourth-order valence-corrected chi connectivity index (χ4v) is 1.09. The maximum absolute atomic E-state index is 10.5. The first-order chi connectivity index (χ1) is 5.15. The molecule has 0 aliphatic heterocycles. The molecule has 0 aliphatic carbocycles. The van der Waals surface area contributed by atoms with Crippen LogP contribution < -0.4 is 0 Å². The molecule has 0 bridgehead atoms. The van der Waals surface area contributed by atoms with Gasteiger partial charge in [-0.25, -0.2) is 4.79 Å². The van der Waals surface area contributed by atoms with E-state index in [4.69, 9.17) is 17.3 Å². The molecule has 5 heteroatoms. The van der Waals surface area contributed by atoms with Gasteiger partial charge in [-0.2, -0.15) is 0 Å². The van der Waals surface area contributed by atoms with Crippen LogP contribution in [0.15, 0.2) is 0 Å². The topological polar surface area (TPSA) is 68.9 Å². The van der Waals surface area contributed by atoms with Crippen LogP contribution in [0.25, 0.3) is 0 Å². The lowest BCUT2D eigenvalue weighted by molar-refractivity contribution is 0.0690. The maximum Gasteiger partial charge on any atom is 0.354 e. The zero-order valence-corrected chi connectivity index (χ0v) is 6.79. The highest BCUT2D eigenvalue weighted by Gasteiger charge is 2.10. The van der Waals surface area contributed by atoms with Crippen LogP contribution in [0.2, 0.25) is 0 Å². The predicted molar refractivity (Wildman–Crippen MR) is 42.3 cm³/mol. The first-order valence-corrected chi connectivity index (χ1v) is 3.60. The number of imidazole rings is 1. The van der Waals surface area contributed by atoms with Crippen molar-refractivity contribution < 1.29 is 9.90 Å². The van der Waals surface area contributed by atoms with Gasteiger partial charge in [-0.15, -0.1) is 0 Å². The third-order valence-electron chi connectivity index (χ3n) is 1.37. The Morgan fingerprint density at radius 3 is 2.64 bits per heavy atom. The lowest BCUT2D eigenvalue weighted by Crippen LogP contribution is -2.00. The number of carbonyl (C=O) groups is 1. The lowest BCUT2D eigenvalue weighted by atomic mass is 10.3. The highest BCUT2D eigenvalue weighted by molar-refractivity contribution is 7.71. The first kappa shape index (κ1) is 8.00. The molecule has 0 saturated heterocycles. The van der Waals surface area contributed by atoms with Crippen molar-refractivity contribution in [1.82, 2.24) is 9.97 Å². The minimum Gasteiger partial charge on any atom is -0.477 e. The standard InChI is InChI=1S/C6H8N2O2S/c1-2-3-4(5(9)10)8-6(11)7-3/h2H2,1H3,(H,9,10)(H2,7,8,11). The number of aromatic amines is 2. The van der Waals surface area contributed by atoms with E-state index in [0.717, 1.165) is 0 Å². The van der Waals surface area contributed by atoms with Crippen LogP contribution in [0.4, 0.5) is 0 Å². The van der Waals surface area contributed by atoms with Crippen molar-refractivity contribution in [2.45, 2.75) is 13.3 Å². The Morgan fingerprint density at radius 1 is 1.64 bits per heavy atom. The van der Waals surface area contributed by atoms with Gasteiger partial charge < -0.3 is 15.1 Å². The van der Waals surface area contributed by atoms with Crippen LogP contribution in [0.3, 0.4) is 0 Å². The summed E-state index contributed by atoms with van der Waals surface area (Å²) in [6.07, 6.45) is 0.634. The van der Waals surface area contributed by atoms with Crippen molar-refractivity contribution in [2.75, 3.05) is 0 Å². The first-order valence-electron chi connectivity index (χ1n) is 3.19. The van der Waals surface area contributed by atoms with Crippen LogP contribution in [-0.2, 0) is 6.42 Å². The van der Waals surface area contributed by atoms with Crippen LogP contribution in [0.5, 0.6) is 0 Å². The summed E-state index contributed by atoms with van der Waals surface area (Å²) in [5, 5.41) is 8.61. The highest BCUT2D eigenvalue weighted by atomic mass is 32.1. The second-order valence-electron chi connectivity index (χ2n) is 2.09. The number of hydrogen-bond donors (Lipinski definition) is 3. The van der Waals surface area contributed by atoms with Gasteiger partial charge in [-0.3, -0.25) is 0 Å². The minimum absolute atomic E-state index is 0.164. The molecule has 11 heavy (non-hydrogen) atoms. The van der Waals surface area contributed by atoms with Crippen molar-refractivity contribution in [2.24, 2.45) is 0 Å². The number of nitrogens with one attached hydrogen (secondary N) is 2. The Kier molecular flexibility index (Phi) is 2.09. The van der Waals surface area contributed by atoms with Gasteiger partial charge in [0.1, 0.15) is 5.69 Å². The molecule has 4 nitrogen and oxygen atoms in total. The molecule has 3 N–H and O–H groups in total. The number of aromatic carboxylic acids is 1. The molecular weight excluding hydrogens is 164 g/mol. The molecule has 1 aromatic rings. The molecule has 0 saturated carbocycles. The summed E-state index contributed by atoms with van der Waals surface area (Å²) in [5.41, 5.74) is 0.806. The average Bonchev–Trinajstić information content (AvgIpc) is 2.30. The monoisotopic (exact) mass is 172 g/mol. The van der Waals surface area contributed by atoms with Gasteiger partial charge in [0.2, 0.25) is 0 Å². The van der Waals surface area contributed by atoms with Gasteiger partial charge in [0.25, 0.3) is 0 Å². The van der Waals surface area contributed by atoms with E-state index >= 15 is 0 Å². The number of hydrogen-bond acceptors (Lipinski definition) is 2. The Labute approximate surface area is 68.3 Å². The van der Waals surface area contributed by atoms with Gasteiger partial charge in [-0.1, -0.05) is 6.92 Å². The Morgan fingerprint density at radius 2 is 2.27 bits per heavy atom. The summed E-state index contributed by atoms with van der Waals surface area (Å²) in [4.78, 5) is 15.8. The third-order valence-corrected chi connectivity index (χ3v) is 1.58. The molecule has 60 valence electrons. The molecule has 1 aromatic heterocycles. The molecule has 1 rings (SSSR count). The predicted octanol–water partition coefficient (Wildman–Crippen LogP) is 1.33. The van der Waals surface area contributed by atoms with E-state index in [-0.39, 0.29) is 5.69 Å². The van der Waals surface area contributed by atoms with Gasteiger partial charge in [-0.05, 0) is 18.6 Å². The summed E-state index contributed by atoms with van der Waals surface area (Å²) in [5.74, 6) is -0.978. The van der Waals surface area contributed by atoms with Crippen molar-refractivity contribution in [3.63, 3.8) is 0 Å². The fourth-order valence-electron chi connectivity index (χ4n) is 0.867. The van der Waals surface area contributed by atoms with Gasteiger partial charge in [0, 0.05) is 5.69 Å². The summed E-state index contributed by atoms with van der Waals surface area (Å²) < 4.78 is 0.360. The zero-order chi connectivity index (χ0) is 8.43. The number of carboxylic acid groups (broad SMARTS) is 1. The molecule has 0 fully saturated rings. The van der Waals surface area contributed by atoms with Gasteiger partial charge in [0.15, 0.2) is 4.77 Å². The summed E-state index contributed by atoms with van der Waals surface area (Å²) in [7, 11) is 0. The number of rotatable bonds is 2. The quantitative estimate of drug-likeness (QED) is 0.589. The highest BCUT2D eigenvalue weighted by Crippen LogP contribution is 2.03.